The van der Waals surface area contributed by atoms with Gasteiger partial charge in [-0.2, -0.15) is 5.10 Å². The second-order valence-electron chi connectivity index (χ2n) is 5.31. The number of aryl methyl sites for hydroxylation is 3. The highest BCUT2D eigenvalue weighted by Gasteiger charge is 2.03. The third kappa shape index (κ3) is 2.39. The van der Waals surface area contributed by atoms with Crippen LogP contribution in [0.5, 0.6) is 0 Å². The van der Waals surface area contributed by atoms with E-state index in [1.165, 1.54) is 27.6 Å². The molecule has 0 saturated carbocycles. The van der Waals surface area contributed by atoms with Crippen LogP contribution in [0.15, 0.2) is 42.6 Å². The number of hydrogen-bond acceptors (Lipinski definition) is 1. The van der Waals surface area contributed by atoms with Crippen LogP contribution < -0.4 is 0 Å². The van der Waals surface area contributed by atoms with Crippen molar-refractivity contribution < 1.29 is 0 Å². The average Bonchev–Trinajstić information content (AvgIpc) is 2.74. The second kappa shape index (κ2) is 4.54. The maximum Gasteiger partial charge on any atom is 0.0926 e. The Bertz CT molecular complexity index is 682. The molecule has 3 rings (SSSR count). The van der Waals surface area contributed by atoms with E-state index < -0.39 is 0 Å². The van der Waals surface area contributed by atoms with Crippen molar-refractivity contribution in [3.05, 3.63) is 64.8 Å². The van der Waals surface area contributed by atoms with E-state index in [1.807, 2.05) is 4.68 Å². The lowest BCUT2D eigenvalue weighted by atomic mass is 10.1. The highest BCUT2D eigenvalue weighted by atomic mass is 15.3. The first-order valence-electron chi connectivity index (χ1n) is 6.62. The normalized spacial score (nSPS) is 11.1. The van der Waals surface area contributed by atoms with Gasteiger partial charge in [-0.15, -0.1) is 0 Å². The maximum atomic E-state index is 4.65. The molecule has 0 atom stereocenters. The molecule has 19 heavy (non-hydrogen) atoms. The summed E-state index contributed by atoms with van der Waals surface area (Å²) in [6.07, 6.45) is 2.13. The number of benzene rings is 2. The van der Waals surface area contributed by atoms with Crippen LogP contribution in [0.3, 0.4) is 0 Å². The van der Waals surface area contributed by atoms with Crippen LogP contribution in [0.4, 0.5) is 0 Å². The van der Waals surface area contributed by atoms with Crippen LogP contribution in [-0.4, -0.2) is 9.78 Å². The zero-order chi connectivity index (χ0) is 13.4. The molecule has 0 amide bonds. The predicted molar refractivity (Wildman–Crippen MR) is 79.5 cm³/mol. The Morgan fingerprint density at radius 2 is 1.63 bits per heavy atom. The van der Waals surface area contributed by atoms with Crippen molar-refractivity contribution in [1.82, 2.24) is 9.78 Å². The summed E-state index contributed by atoms with van der Waals surface area (Å²) < 4.78 is 2.02. The van der Waals surface area contributed by atoms with Crippen LogP contribution in [0.1, 0.15) is 22.3 Å². The lowest BCUT2D eigenvalue weighted by Gasteiger charge is -2.01. The molecular formula is C17H18N2. The third-order valence-corrected chi connectivity index (χ3v) is 3.63. The molecule has 96 valence electrons. The van der Waals surface area contributed by atoms with E-state index in [1.54, 1.807) is 0 Å². The van der Waals surface area contributed by atoms with Crippen molar-refractivity contribution in [2.45, 2.75) is 27.3 Å². The third-order valence-electron chi connectivity index (χ3n) is 3.63. The first-order valence-corrected chi connectivity index (χ1v) is 6.62. The van der Waals surface area contributed by atoms with Crippen molar-refractivity contribution >= 4 is 10.9 Å². The van der Waals surface area contributed by atoms with Crippen molar-refractivity contribution in [3.8, 4) is 0 Å². The molecule has 2 aromatic carbocycles. The Kier molecular flexibility index (Phi) is 2.86. The Balaban J connectivity index is 1.95. The molecule has 3 aromatic rings. The summed E-state index contributed by atoms with van der Waals surface area (Å²) in [5, 5.41) is 5.87. The Hall–Kier alpha value is -2.09. The molecular weight excluding hydrogens is 232 g/mol. The summed E-state index contributed by atoms with van der Waals surface area (Å²) in [5.41, 5.74) is 6.28. The molecule has 0 saturated heterocycles. The average molecular weight is 250 g/mol. The Labute approximate surface area is 113 Å². The zero-order valence-electron chi connectivity index (χ0n) is 11.6. The number of aromatic nitrogens is 2. The molecule has 0 aliphatic carbocycles. The Morgan fingerprint density at radius 3 is 2.37 bits per heavy atom. The van der Waals surface area contributed by atoms with E-state index in [4.69, 9.17) is 0 Å². The van der Waals surface area contributed by atoms with E-state index in [2.05, 4.69) is 68.5 Å². The zero-order valence-corrected chi connectivity index (χ0v) is 11.6. The van der Waals surface area contributed by atoms with Gasteiger partial charge in [0.2, 0.25) is 0 Å². The SMILES string of the molecule is Cc1ccc(Cn2cc3cc(C)c(C)cc3n2)cc1. The summed E-state index contributed by atoms with van der Waals surface area (Å²) in [5.74, 6) is 0. The van der Waals surface area contributed by atoms with E-state index in [0.717, 1.165) is 12.1 Å². The van der Waals surface area contributed by atoms with Crippen LogP contribution in [0, 0.1) is 20.8 Å². The number of fused-ring (bicyclic) bond motifs is 1. The van der Waals surface area contributed by atoms with Crippen molar-refractivity contribution in [3.63, 3.8) is 0 Å². The summed E-state index contributed by atoms with van der Waals surface area (Å²) in [6.45, 7) is 7.21. The highest BCUT2D eigenvalue weighted by molar-refractivity contribution is 5.79. The van der Waals surface area contributed by atoms with Crippen LogP contribution in [0.25, 0.3) is 10.9 Å². The number of nitrogens with zero attached hydrogens (tertiary/aromatic N) is 2. The second-order valence-corrected chi connectivity index (χ2v) is 5.31. The van der Waals surface area contributed by atoms with Gasteiger partial charge < -0.3 is 0 Å². The molecule has 0 unspecified atom stereocenters. The summed E-state index contributed by atoms with van der Waals surface area (Å²) >= 11 is 0. The number of hydrogen-bond donors (Lipinski definition) is 0. The minimum absolute atomic E-state index is 0.826. The van der Waals surface area contributed by atoms with Gasteiger partial charge in [-0.05, 0) is 49.6 Å². The fraction of sp³-hybridized carbons (Fsp3) is 0.235. The molecule has 2 nitrogen and oxygen atoms in total. The molecule has 0 radical (unpaired) electrons. The van der Waals surface area contributed by atoms with Gasteiger partial charge in [0.1, 0.15) is 0 Å². The molecule has 2 heteroatoms. The molecule has 0 aliphatic heterocycles. The van der Waals surface area contributed by atoms with E-state index in [-0.39, 0.29) is 0 Å². The van der Waals surface area contributed by atoms with Crippen molar-refractivity contribution in [1.29, 1.82) is 0 Å². The maximum absolute atomic E-state index is 4.65. The lowest BCUT2D eigenvalue weighted by molar-refractivity contribution is 0.695. The lowest BCUT2D eigenvalue weighted by Crippen LogP contribution is -1.99. The molecule has 1 heterocycles. The van der Waals surface area contributed by atoms with E-state index in [9.17, 15) is 0 Å². The van der Waals surface area contributed by atoms with Crippen molar-refractivity contribution in [2.24, 2.45) is 0 Å². The molecule has 0 aliphatic rings. The van der Waals surface area contributed by atoms with Gasteiger partial charge in [-0.3, -0.25) is 4.68 Å². The van der Waals surface area contributed by atoms with E-state index in [0.29, 0.717) is 0 Å². The standard InChI is InChI=1S/C17H18N2/c1-12-4-6-15(7-5-12)10-19-11-16-8-13(2)14(3)9-17(16)18-19/h4-9,11H,10H2,1-3H3. The molecule has 0 N–H and O–H groups in total. The van der Waals surface area contributed by atoms with Gasteiger partial charge in [0.15, 0.2) is 0 Å². The molecule has 0 spiro atoms. The highest BCUT2D eigenvalue weighted by Crippen LogP contribution is 2.18. The molecule has 1 aromatic heterocycles. The summed E-state index contributed by atoms with van der Waals surface area (Å²) in [6, 6.07) is 13.0. The van der Waals surface area contributed by atoms with Gasteiger partial charge in [0, 0.05) is 11.6 Å². The van der Waals surface area contributed by atoms with Crippen LogP contribution in [0.2, 0.25) is 0 Å². The van der Waals surface area contributed by atoms with E-state index >= 15 is 0 Å². The van der Waals surface area contributed by atoms with Crippen LogP contribution >= 0.6 is 0 Å². The summed E-state index contributed by atoms with van der Waals surface area (Å²) in [4.78, 5) is 0. The minimum atomic E-state index is 0.826. The monoisotopic (exact) mass is 250 g/mol. The topological polar surface area (TPSA) is 17.8 Å². The largest absolute Gasteiger partial charge is 0.267 e. The van der Waals surface area contributed by atoms with Gasteiger partial charge in [-0.25, -0.2) is 0 Å². The smallest absolute Gasteiger partial charge is 0.0926 e. The minimum Gasteiger partial charge on any atom is -0.267 e. The predicted octanol–water partition coefficient (Wildman–Crippen LogP) is 4.01. The fourth-order valence-electron chi connectivity index (χ4n) is 2.30. The molecule has 0 bridgehead atoms. The Morgan fingerprint density at radius 1 is 0.947 bits per heavy atom. The van der Waals surface area contributed by atoms with Gasteiger partial charge in [-0.1, -0.05) is 29.8 Å². The van der Waals surface area contributed by atoms with Crippen molar-refractivity contribution in [2.75, 3.05) is 0 Å². The quantitative estimate of drug-likeness (QED) is 0.672. The summed E-state index contributed by atoms with van der Waals surface area (Å²) in [7, 11) is 0. The van der Waals surface area contributed by atoms with Crippen LogP contribution in [-0.2, 0) is 6.54 Å². The van der Waals surface area contributed by atoms with Gasteiger partial charge >= 0.3 is 0 Å². The van der Waals surface area contributed by atoms with Gasteiger partial charge in [0.05, 0.1) is 12.1 Å². The first-order chi connectivity index (χ1) is 9.11. The molecule has 0 fully saturated rings. The number of rotatable bonds is 2. The fourth-order valence-corrected chi connectivity index (χ4v) is 2.30. The first kappa shape index (κ1) is 12.0. The van der Waals surface area contributed by atoms with Gasteiger partial charge in [0.25, 0.3) is 0 Å².